The summed E-state index contributed by atoms with van der Waals surface area (Å²) in [5.74, 6) is 0. The summed E-state index contributed by atoms with van der Waals surface area (Å²) in [7, 11) is -2.71. The molecule has 0 aromatic heterocycles. The standard InChI is InChI=1S/C14H24O3Si/c1-4-7-13-17-18(15-5-2,16-6-3)14-11-9-8-10-12-14/h8-12H,4-7,13H2,1-3H3. The maximum atomic E-state index is 6.03. The maximum absolute atomic E-state index is 6.03. The predicted octanol–water partition coefficient (Wildman–Crippen LogP) is 2.72. The topological polar surface area (TPSA) is 27.7 Å². The van der Waals surface area contributed by atoms with Crippen LogP contribution in [-0.4, -0.2) is 28.6 Å². The van der Waals surface area contributed by atoms with Crippen LogP contribution in [0.4, 0.5) is 0 Å². The Morgan fingerprint density at radius 3 is 2.00 bits per heavy atom. The summed E-state index contributed by atoms with van der Waals surface area (Å²) in [6, 6.07) is 10.1. The lowest BCUT2D eigenvalue weighted by Gasteiger charge is -2.29. The fourth-order valence-corrected chi connectivity index (χ4v) is 4.27. The Kier molecular flexibility index (Phi) is 7.20. The van der Waals surface area contributed by atoms with Gasteiger partial charge >= 0.3 is 8.80 Å². The second-order valence-corrected chi connectivity index (χ2v) is 6.55. The van der Waals surface area contributed by atoms with E-state index >= 15 is 0 Å². The number of benzene rings is 1. The lowest BCUT2D eigenvalue weighted by Crippen LogP contribution is -2.57. The Labute approximate surface area is 111 Å². The van der Waals surface area contributed by atoms with Gasteiger partial charge in [-0.15, -0.1) is 0 Å². The number of hydrogen-bond donors (Lipinski definition) is 0. The summed E-state index contributed by atoms with van der Waals surface area (Å²) < 4.78 is 17.8. The van der Waals surface area contributed by atoms with E-state index in [9.17, 15) is 0 Å². The number of unbranched alkanes of at least 4 members (excludes halogenated alkanes) is 1. The second-order valence-electron chi connectivity index (χ2n) is 3.99. The van der Waals surface area contributed by atoms with Crippen molar-refractivity contribution in [1.82, 2.24) is 0 Å². The smallest absolute Gasteiger partial charge is 0.370 e. The van der Waals surface area contributed by atoms with Gasteiger partial charge < -0.3 is 13.3 Å². The summed E-state index contributed by atoms with van der Waals surface area (Å²) in [6.45, 7) is 8.01. The van der Waals surface area contributed by atoms with Crippen LogP contribution in [-0.2, 0) is 13.3 Å². The van der Waals surface area contributed by atoms with E-state index in [2.05, 4.69) is 6.92 Å². The van der Waals surface area contributed by atoms with Gasteiger partial charge in [0.15, 0.2) is 0 Å². The molecule has 1 rings (SSSR count). The molecule has 3 nitrogen and oxygen atoms in total. The number of rotatable bonds is 9. The zero-order valence-corrected chi connectivity index (χ0v) is 12.6. The van der Waals surface area contributed by atoms with Gasteiger partial charge in [-0.2, -0.15) is 0 Å². The summed E-state index contributed by atoms with van der Waals surface area (Å²) in [4.78, 5) is 0. The van der Waals surface area contributed by atoms with Gasteiger partial charge in [0.25, 0.3) is 0 Å². The molecule has 0 heterocycles. The van der Waals surface area contributed by atoms with E-state index in [-0.39, 0.29) is 0 Å². The molecule has 0 unspecified atom stereocenters. The van der Waals surface area contributed by atoms with Crippen molar-refractivity contribution in [1.29, 1.82) is 0 Å². The molecule has 0 aliphatic carbocycles. The molecule has 0 aliphatic heterocycles. The van der Waals surface area contributed by atoms with Crippen LogP contribution in [0, 0.1) is 0 Å². The summed E-state index contributed by atoms with van der Waals surface area (Å²) >= 11 is 0. The highest BCUT2D eigenvalue weighted by molar-refractivity contribution is 6.75. The van der Waals surface area contributed by atoms with Crippen LogP contribution in [0.1, 0.15) is 33.6 Å². The Hall–Kier alpha value is -0.683. The van der Waals surface area contributed by atoms with E-state index in [0.717, 1.165) is 18.0 Å². The highest BCUT2D eigenvalue weighted by atomic mass is 28.4. The van der Waals surface area contributed by atoms with Crippen molar-refractivity contribution >= 4 is 14.0 Å². The Morgan fingerprint density at radius 1 is 0.889 bits per heavy atom. The maximum Gasteiger partial charge on any atom is 0.537 e. The van der Waals surface area contributed by atoms with Gasteiger partial charge in [-0.05, 0) is 20.3 Å². The summed E-state index contributed by atoms with van der Waals surface area (Å²) in [6.07, 6.45) is 2.14. The predicted molar refractivity (Wildman–Crippen MR) is 75.9 cm³/mol. The van der Waals surface area contributed by atoms with Gasteiger partial charge in [-0.25, -0.2) is 0 Å². The zero-order chi connectivity index (χ0) is 13.3. The first kappa shape index (κ1) is 15.4. The second kappa shape index (κ2) is 8.42. The van der Waals surface area contributed by atoms with Gasteiger partial charge in [0.05, 0.1) is 0 Å². The molecular weight excluding hydrogens is 244 g/mol. The largest absolute Gasteiger partial charge is 0.537 e. The molecule has 0 atom stereocenters. The van der Waals surface area contributed by atoms with E-state index in [1.54, 1.807) is 0 Å². The first-order valence-corrected chi connectivity index (χ1v) is 8.49. The third-order valence-electron chi connectivity index (χ3n) is 2.59. The highest BCUT2D eigenvalue weighted by Crippen LogP contribution is 2.11. The molecule has 0 bridgehead atoms. The van der Waals surface area contributed by atoms with Crippen molar-refractivity contribution < 1.29 is 13.3 Å². The van der Waals surface area contributed by atoms with Gasteiger partial charge in [0.1, 0.15) is 0 Å². The van der Waals surface area contributed by atoms with Crippen molar-refractivity contribution in [3.05, 3.63) is 30.3 Å². The monoisotopic (exact) mass is 268 g/mol. The van der Waals surface area contributed by atoms with Crippen LogP contribution in [0.2, 0.25) is 0 Å². The summed E-state index contributed by atoms with van der Waals surface area (Å²) in [5.41, 5.74) is 0. The lowest BCUT2D eigenvalue weighted by molar-refractivity contribution is 0.0803. The Morgan fingerprint density at radius 2 is 1.50 bits per heavy atom. The Balaban J connectivity index is 2.89. The van der Waals surface area contributed by atoms with Crippen molar-refractivity contribution in [2.75, 3.05) is 19.8 Å². The van der Waals surface area contributed by atoms with E-state index < -0.39 is 8.80 Å². The fourth-order valence-electron chi connectivity index (χ4n) is 1.75. The fraction of sp³-hybridized carbons (Fsp3) is 0.571. The molecule has 1 aromatic rings. The van der Waals surface area contributed by atoms with Crippen LogP contribution < -0.4 is 5.19 Å². The molecule has 4 heteroatoms. The van der Waals surface area contributed by atoms with Crippen LogP contribution in [0.3, 0.4) is 0 Å². The van der Waals surface area contributed by atoms with E-state index in [4.69, 9.17) is 13.3 Å². The molecule has 0 amide bonds. The van der Waals surface area contributed by atoms with Crippen molar-refractivity contribution in [3.63, 3.8) is 0 Å². The third-order valence-corrected chi connectivity index (χ3v) is 5.55. The molecular formula is C14H24O3Si. The van der Waals surface area contributed by atoms with Crippen molar-refractivity contribution in [2.24, 2.45) is 0 Å². The van der Waals surface area contributed by atoms with Crippen LogP contribution in [0.15, 0.2) is 30.3 Å². The molecule has 0 saturated heterocycles. The minimum absolute atomic E-state index is 0.604. The molecule has 1 aromatic carbocycles. The van der Waals surface area contributed by atoms with Crippen molar-refractivity contribution in [3.8, 4) is 0 Å². The number of hydrogen-bond acceptors (Lipinski definition) is 3. The van der Waals surface area contributed by atoms with Crippen LogP contribution >= 0.6 is 0 Å². The molecule has 0 saturated carbocycles. The van der Waals surface area contributed by atoms with Crippen LogP contribution in [0.25, 0.3) is 0 Å². The quantitative estimate of drug-likeness (QED) is 0.509. The SMILES string of the molecule is CCCCO[Si](OCC)(OCC)c1ccccc1. The molecule has 0 radical (unpaired) electrons. The molecule has 0 aliphatic rings. The van der Waals surface area contributed by atoms with Crippen molar-refractivity contribution in [2.45, 2.75) is 33.6 Å². The molecule has 0 fully saturated rings. The van der Waals surface area contributed by atoms with Crippen LogP contribution in [0.5, 0.6) is 0 Å². The average molecular weight is 268 g/mol. The minimum atomic E-state index is -2.71. The van der Waals surface area contributed by atoms with Gasteiger partial charge in [0, 0.05) is 25.0 Å². The lowest BCUT2D eigenvalue weighted by atomic mass is 10.4. The minimum Gasteiger partial charge on any atom is -0.370 e. The summed E-state index contributed by atoms with van der Waals surface area (Å²) in [5, 5.41) is 1.05. The van der Waals surface area contributed by atoms with Gasteiger partial charge in [0.2, 0.25) is 0 Å². The highest BCUT2D eigenvalue weighted by Gasteiger charge is 2.43. The van der Waals surface area contributed by atoms with E-state index in [1.165, 1.54) is 0 Å². The molecule has 0 N–H and O–H groups in total. The van der Waals surface area contributed by atoms with E-state index in [1.807, 2.05) is 44.2 Å². The molecule has 102 valence electrons. The first-order chi connectivity index (χ1) is 8.79. The van der Waals surface area contributed by atoms with E-state index in [0.29, 0.717) is 19.8 Å². The normalized spacial score (nSPS) is 11.7. The van der Waals surface area contributed by atoms with Gasteiger partial charge in [-0.1, -0.05) is 43.7 Å². The Bertz CT molecular complexity index is 310. The zero-order valence-electron chi connectivity index (χ0n) is 11.6. The third kappa shape index (κ3) is 4.21. The molecule has 0 spiro atoms. The first-order valence-electron chi connectivity index (χ1n) is 6.76. The average Bonchev–Trinajstić information content (AvgIpc) is 2.40. The van der Waals surface area contributed by atoms with Gasteiger partial charge in [-0.3, -0.25) is 0 Å². The molecule has 18 heavy (non-hydrogen) atoms.